The van der Waals surface area contributed by atoms with E-state index in [1.165, 1.54) is 0 Å². The van der Waals surface area contributed by atoms with Crippen LogP contribution in [0.25, 0.3) is 11.4 Å². The Morgan fingerprint density at radius 1 is 0.600 bits per heavy atom. The van der Waals surface area contributed by atoms with Crippen LogP contribution in [0.15, 0.2) is 79.1 Å². The molecule has 1 N–H and O–H groups in total. The van der Waals surface area contributed by atoms with Gasteiger partial charge in [-0.15, -0.1) is 0 Å². The van der Waals surface area contributed by atoms with Crippen molar-refractivity contribution in [1.29, 1.82) is 0 Å². The number of hydrogen-bond acceptors (Lipinski definition) is 3. The van der Waals surface area contributed by atoms with Gasteiger partial charge in [0.2, 0.25) is 0 Å². The number of pyridine rings is 2. The molecule has 0 atom stereocenters. The van der Waals surface area contributed by atoms with Crippen LogP contribution in [-0.2, 0) is 0 Å². The molecule has 0 aliphatic carbocycles. The van der Waals surface area contributed by atoms with Gasteiger partial charge in [0, 0.05) is 12.4 Å². The topological polar surface area (TPSA) is 46.0 Å². The molecule has 2 heterocycles. The summed E-state index contributed by atoms with van der Waals surface area (Å²) in [4.78, 5) is 8.37. The number of rotatable bonds is 1. The first-order valence-corrected chi connectivity index (χ1v) is 5.93. The molecule has 3 aromatic rings. The molecule has 4 heteroatoms. The molecule has 0 amide bonds. The molecule has 0 saturated carbocycles. The van der Waals surface area contributed by atoms with Gasteiger partial charge in [-0.3, -0.25) is 9.97 Å². The number of aromatic nitrogens is 2. The number of hydrogen-bond donors (Lipinski definition) is 1. The SMILES string of the molecule is Oc1ccccc1.[SeH2].c1ccc(-c2ccccn2)nc1. The summed E-state index contributed by atoms with van der Waals surface area (Å²) in [7, 11) is 0. The first kappa shape index (κ1) is 15.9. The Morgan fingerprint density at radius 3 is 1.35 bits per heavy atom. The van der Waals surface area contributed by atoms with Gasteiger partial charge in [0.1, 0.15) is 5.75 Å². The number of para-hydroxylation sites is 1. The summed E-state index contributed by atoms with van der Waals surface area (Å²) in [5.41, 5.74) is 1.83. The predicted octanol–water partition coefficient (Wildman–Crippen LogP) is 2.62. The minimum Gasteiger partial charge on any atom is -0.255 e. The van der Waals surface area contributed by atoms with Crippen LogP contribution in [0.2, 0.25) is 0 Å². The fourth-order valence-electron chi connectivity index (χ4n) is 1.46. The van der Waals surface area contributed by atoms with Crippen molar-refractivity contribution in [2.45, 2.75) is 0 Å². The largest absolute Gasteiger partial charge is 0.255 e. The summed E-state index contributed by atoms with van der Waals surface area (Å²) in [6.07, 6.45) is 3.54. The summed E-state index contributed by atoms with van der Waals surface area (Å²) in [5.74, 6) is 0.322. The Kier molecular flexibility index (Phi) is 7.04. The van der Waals surface area contributed by atoms with Crippen molar-refractivity contribution in [3.05, 3.63) is 79.1 Å². The number of nitrogens with zero attached hydrogens (tertiary/aromatic N) is 2. The van der Waals surface area contributed by atoms with Crippen molar-refractivity contribution < 1.29 is 5.11 Å². The van der Waals surface area contributed by atoms with E-state index in [9.17, 15) is 0 Å². The van der Waals surface area contributed by atoms with Crippen LogP contribution in [0.1, 0.15) is 0 Å². The Labute approximate surface area is 128 Å². The zero-order valence-corrected chi connectivity index (χ0v) is 12.9. The molecule has 0 fully saturated rings. The van der Waals surface area contributed by atoms with Crippen molar-refractivity contribution in [2.24, 2.45) is 0 Å². The van der Waals surface area contributed by atoms with Gasteiger partial charge in [0.05, 0.1) is 11.4 Å². The third kappa shape index (κ3) is 5.22. The molecule has 0 radical (unpaired) electrons. The van der Waals surface area contributed by atoms with Gasteiger partial charge in [-0.25, -0.2) is 0 Å². The maximum absolute atomic E-state index is 8.63. The van der Waals surface area contributed by atoms with E-state index in [2.05, 4.69) is 9.97 Å². The van der Waals surface area contributed by atoms with Crippen LogP contribution in [0, 0.1) is 0 Å². The van der Waals surface area contributed by atoms with Crippen molar-refractivity contribution in [2.75, 3.05) is 0 Å². The van der Waals surface area contributed by atoms with Crippen LogP contribution in [0.5, 0.6) is 5.75 Å². The fraction of sp³-hybridized carbons (Fsp3) is 0. The molecular formula is C16H16N2OSe. The van der Waals surface area contributed by atoms with Gasteiger partial charge >= 0.3 is 17.1 Å². The van der Waals surface area contributed by atoms with Gasteiger partial charge in [-0.2, -0.15) is 0 Å². The van der Waals surface area contributed by atoms with Crippen LogP contribution in [0.3, 0.4) is 0 Å². The van der Waals surface area contributed by atoms with E-state index in [0.29, 0.717) is 5.75 Å². The van der Waals surface area contributed by atoms with E-state index >= 15 is 0 Å². The van der Waals surface area contributed by atoms with Crippen LogP contribution < -0.4 is 0 Å². The second-order valence-electron chi connectivity index (χ2n) is 3.77. The van der Waals surface area contributed by atoms with Crippen molar-refractivity contribution in [3.8, 4) is 17.1 Å². The number of phenols is 1. The van der Waals surface area contributed by atoms with E-state index < -0.39 is 0 Å². The van der Waals surface area contributed by atoms with Gasteiger partial charge in [0.15, 0.2) is 0 Å². The normalized spacial score (nSPS) is 8.80. The molecular weight excluding hydrogens is 315 g/mol. The Morgan fingerprint density at radius 2 is 1.05 bits per heavy atom. The van der Waals surface area contributed by atoms with Gasteiger partial charge in [-0.05, 0) is 36.4 Å². The average molecular weight is 331 g/mol. The second-order valence-corrected chi connectivity index (χ2v) is 3.77. The third-order valence-corrected chi connectivity index (χ3v) is 2.35. The van der Waals surface area contributed by atoms with Gasteiger partial charge < -0.3 is 5.11 Å². The van der Waals surface area contributed by atoms with Gasteiger partial charge in [-0.1, -0.05) is 30.3 Å². The first-order chi connectivity index (χ1) is 9.36. The summed E-state index contributed by atoms with van der Waals surface area (Å²) < 4.78 is 0. The summed E-state index contributed by atoms with van der Waals surface area (Å²) >= 11 is 0. The standard InChI is InChI=1S/C10H8N2.C6H6O.H2Se/c1-3-7-11-9(5-1)10-6-2-4-8-12-10;7-6-4-2-1-3-5-6;/h1-8H;1-5,7H;1H2. The average Bonchev–Trinajstić information content (AvgIpc) is 2.51. The first-order valence-electron chi connectivity index (χ1n) is 5.93. The third-order valence-electron chi connectivity index (χ3n) is 2.35. The minimum absolute atomic E-state index is 0. The monoisotopic (exact) mass is 332 g/mol. The van der Waals surface area contributed by atoms with Crippen molar-refractivity contribution >= 4 is 17.1 Å². The number of benzene rings is 1. The summed E-state index contributed by atoms with van der Waals surface area (Å²) in [6.45, 7) is 0. The number of aromatic hydroxyl groups is 1. The van der Waals surface area contributed by atoms with Crippen molar-refractivity contribution in [1.82, 2.24) is 9.97 Å². The van der Waals surface area contributed by atoms with Crippen LogP contribution in [-0.4, -0.2) is 32.1 Å². The minimum atomic E-state index is 0. The Hall–Kier alpha value is -2.16. The molecule has 0 unspecified atom stereocenters. The number of phenolic OH excluding ortho intramolecular Hbond substituents is 1. The molecule has 1 aromatic carbocycles. The molecule has 3 nitrogen and oxygen atoms in total. The molecule has 0 saturated heterocycles. The predicted molar refractivity (Wildman–Crippen MR) is 84.1 cm³/mol. The summed E-state index contributed by atoms with van der Waals surface area (Å²) in [6, 6.07) is 20.3. The summed E-state index contributed by atoms with van der Waals surface area (Å²) in [5, 5.41) is 8.63. The molecule has 0 aliphatic rings. The van der Waals surface area contributed by atoms with E-state index in [0.717, 1.165) is 11.4 Å². The van der Waals surface area contributed by atoms with Crippen LogP contribution >= 0.6 is 0 Å². The molecule has 102 valence electrons. The van der Waals surface area contributed by atoms with Gasteiger partial charge in [0.25, 0.3) is 0 Å². The van der Waals surface area contributed by atoms with Crippen molar-refractivity contribution in [3.63, 3.8) is 0 Å². The molecule has 2 aromatic heterocycles. The van der Waals surface area contributed by atoms with E-state index in [-0.39, 0.29) is 17.1 Å². The van der Waals surface area contributed by atoms with Crippen LogP contribution in [0.4, 0.5) is 0 Å². The quantitative estimate of drug-likeness (QED) is 0.697. The molecule has 20 heavy (non-hydrogen) atoms. The molecule has 0 spiro atoms. The van der Waals surface area contributed by atoms with E-state index in [1.54, 1.807) is 36.7 Å². The smallest absolute Gasteiger partial charge is 0.0886 e. The molecule has 0 bridgehead atoms. The van der Waals surface area contributed by atoms with E-state index in [1.807, 2.05) is 42.5 Å². The molecule has 0 aliphatic heterocycles. The maximum atomic E-state index is 8.63. The second kappa shape index (κ2) is 8.86. The fourth-order valence-corrected chi connectivity index (χ4v) is 1.46. The zero-order chi connectivity index (χ0) is 13.3. The molecule has 3 rings (SSSR count). The van der Waals surface area contributed by atoms with E-state index in [4.69, 9.17) is 5.11 Å². The Balaban J connectivity index is 0.000000216. The Bertz CT molecular complexity index is 551. The maximum Gasteiger partial charge on any atom is 0.0886 e. The zero-order valence-electron chi connectivity index (χ0n) is 10.8.